The number of hydrogen-bond acceptors (Lipinski definition) is 2. The molecule has 2 heterocycles. The molecule has 0 radical (unpaired) electrons. The minimum Gasteiger partial charge on any atom is -0.391 e. The lowest BCUT2D eigenvalue weighted by atomic mass is 9.91. The van der Waals surface area contributed by atoms with Crippen LogP contribution in [0.25, 0.3) is 0 Å². The second kappa shape index (κ2) is 2.99. The number of hydrogen-bond donors (Lipinski definition) is 1. The molecule has 74 valence electrons. The van der Waals surface area contributed by atoms with Crippen LogP contribution >= 0.6 is 0 Å². The summed E-state index contributed by atoms with van der Waals surface area (Å²) in [6.45, 7) is 1.94. The number of aliphatic hydroxyl groups is 1. The van der Waals surface area contributed by atoms with Crippen LogP contribution in [-0.2, 0) is 12.8 Å². The second-order valence-electron chi connectivity index (χ2n) is 4.33. The van der Waals surface area contributed by atoms with Crippen LogP contribution in [0.5, 0.6) is 0 Å². The molecular formula is C12H15NO. The molecule has 1 atom stereocenters. The van der Waals surface area contributed by atoms with Gasteiger partial charge in [-0.05, 0) is 24.0 Å². The van der Waals surface area contributed by atoms with Gasteiger partial charge < -0.3 is 10.0 Å². The minimum atomic E-state index is -0.171. The van der Waals surface area contributed by atoms with Crippen molar-refractivity contribution in [3.8, 4) is 0 Å². The van der Waals surface area contributed by atoms with Gasteiger partial charge in [0.1, 0.15) is 0 Å². The van der Waals surface area contributed by atoms with Gasteiger partial charge in [-0.1, -0.05) is 18.2 Å². The smallest absolute Gasteiger partial charge is 0.0756 e. The molecule has 0 saturated carbocycles. The maximum atomic E-state index is 9.73. The molecule has 3 rings (SSSR count). The quantitative estimate of drug-likeness (QED) is 0.666. The second-order valence-corrected chi connectivity index (χ2v) is 4.33. The van der Waals surface area contributed by atoms with E-state index in [0.29, 0.717) is 0 Å². The van der Waals surface area contributed by atoms with Crippen LogP contribution in [0, 0.1) is 0 Å². The Morgan fingerprint density at radius 1 is 1.29 bits per heavy atom. The van der Waals surface area contributed by atoms with Crippen molar-refractivity contribution in [2.24, 2.45) is 0 Å². The summed E-state index contributed by atoms with van der Waals surface area (Å²) in [7, 11) is 0. The maximum absolute atomic E-state index is 9.73. The van der Waals surface area contributed by atoms with Gasteiger partial charge in [0.15, 0.2) is 0 Å². The van der Waals surface area contributed by atoms with E-state index in [0.717, 1.165) is 19.5 Å². The molecule has 0 fully saturated rings. The molecule has 14 heavy (non-hydrogen) atoms. The summed E-state index contributed by atoms with van der Waals surface area (Å²) < 4.78 is 0. The molecule has 2 heteroatoms. The predicted molar refractivity (Wildman–Crippen MR) is 56.7 cm³/mol. The Morgan fingerprint density at radius 2 is 2.14 bits per heavy atom. The Kier molecular flexibility index (Phi) is 1.77. The maximum Gasteiger partial charge on any atom is 0.0756 e. The van der Waals surface area contributed by atoms with Gasteiger partial charge in [-0.2, -0.15) is 0 Å². The number of anilines is 1. The Hall–Kier alpha value is -1.02. The van der Waals surface area contributed by atoms with E-state index in [2.05, 4.69) is 23.1 Å². The molecule has 1 N–H and O–H groups in total. The van der Waals surface area contributed by atoms with Crippen molar-refractivity contribution in [2.75, 3.05) is 18.0 Å². The summed E-state index contributed by atoms with van der Waals surface area (Å²) in [4.78, 5) is 2.35. The van der Waals surface area contributed by atoms with Crippen molar-refractivity contribution < 1.29 is 5.11 Å². The molecule has 2 aliphatic rings. The van der Waals surface area contributed by atoms with Crippen LogP contribution in [-0.4, -0.2) is 24.3 Å². The SMILES string of the molecule is OC1Cc2cccc3c2N(CCC3)C1. The number of aryl methyl sites for hydroxylation is 1. The fraction of sp³-hybridized carbons (Fsp3) is 0.500. The van der Waals surface area contributed by atoms with E-state index in [1.165, 1.54) is 29.7 Å². The largest absolute Gasteiger partial charge is 0.391 e. The average molecular weight is 189 g/mol. The van der Waals surface area contributed by atoms with Crippen LogP contribution in [0.15, 0.2) is 18.2 Å². The lowest BCUT2D eigenvalue weighted by molar-refractivity contribution is 0.174. The van der Waals surface area contributed by atoms with Crippen molar-refractivity contribution in [1.29, 1.82) is 0 Å². The zero-order chi connectivity index (χ0) is 9.54. The monoisotopic (exact) mass is 189 g/mol. The third kappa shape index (κ3) is 1.14. The predicted octanol–water partition coefficient (Wildman–Crippen LogP) is 1.36. The lowest BCUT2D eigenvalue weighted by Gasteiger charge is -2.38. The molecular weight excluding hydrogens is 174 g/mol. The third-order valence-electron chi connectivity index (χ3n) is 3.28. The number of rotatable bonds is 0. The molecule has 0 amide bonds. The average Bonchev–Trinajstić information content (AvgIpc) is 2.18. The Balaban J connectivity index is 2.14. The van der Waals surface area contributed by atoms with E-state index >= 15 is 0 Å². The van der Waals surface area contributed by atoms with Crippen LogP contribution in [0.2, 0.25) is 0 Å². The zero-order valence-corrected chi connectivity index (χ0v) is 8.24. The van der Waals surface area contributed by atoms with Crippen molar-refractivity contribution in [3.63, 3.8) is 0 Å². The topological polar surface area (TPSA) is 23.5 Å². The van der Waals surface area contributed by atoms with Gasteiger partial charge in [0.25, 0.3) is 0 Å². The van der Waals surface area contributed by atoms with Gasteiger partial charge in [0, 0.05) is 25.2 Å². The first-order valence-corrected chi connectivity index (χ1v) is 5.38. The van der Waals surface area contributed by atoms with E-state index in [1.807, 2.05) is 0 Å². The fourth-order valence-electron chi connectivity index (χ4n) is 2.74. The fourth-order valence-corrected chi connectivity index (χ4v) is 2.74. The Bertz CT molecular complexity index is 361. The van der Waals surface area contributed by atoms with E-state index in [1.54, 1.807) is 0 Å². The number of aliphatic hydroxyl groups excluding tert-OH is 1. The summed E-state index contributed by atoms with van der Waals surface area (Å²) in [5, 5.41) is 9.73. The molecule has 0 saturated heterocycles. The van der Waals surface area contributed by atoms with E-state index in [-0.39, 0.29) is 6.10 Å². The highest BCUT2D eigenvalue weighted by Crippen LogP contribution is 2.34. The van der Waals surface area contributed by atoms with Gasteiger partial charge in [0.2, 0.25) is 0 Å². The first-order chi connectivity index (χ1) is 6.84. The molecule has 0 aromatic heterocycles. The van der Waals surface area contributed by atoms with Crippen molar-refractivity contribution in [3.05, 3.63) is 29.3 Å². The van der Waals surface area contributed by atoms with Gasteiger partial charge in [0.05, 0.1) is 6.10 Å². The highest BCUT2D eigenvalue weighted by Gasteiger charge is 2.26. The van der Waals surface area contributed by atoms with Crippen LogP contribution in [0.4, 0.5) is 5.69 Å². The van der Waals surface area contributed by atoms with Gasteiger partial charge in [-0.3, -0.25) is 0 Å². The van der Waals surface area contributed by atoms with Gasteiger partial charge in [-0.25, -0.2) is 0 Å². The molecule has 1 aromatic rings. The minimum absolute atomic E-state index is 0.171. The molecule has 2 aliphatic heterocycles. The Labute approximate surface area is 84.2 Å². The van der Waals surface area contributed by atoms with Crippen LogP contribution < -0.4 is 4.90 Å². The third-order valence-corrected chi connectivity index (χ3v) is 3.28. The summed E-state index contributed by atoms with van der Waals surface area (Å²) in [6.07, 6.45) is 3.09. The van der Waals surface area contributed by atoms with E-state index in [9.17, 15) is 5.11 Å². The highest BCUT2D eigenvalue weighted by atomic mass is 16.3. The van der Waals surface area contributed by atoms with E-state index < -0.39 is 0 Å². The van der Waals surface area contributed by atoms with E-state index in [4.69, 9.17) is 0 Å². The van der Waals surface area contributed by atoms with Crippen LogP contribution in [0.1, 0.15) is 17.5 Å². The molecule has 0 bridgehead atoms. The molecule has 1 aromatic carbocycles. The van der Waals surface area contributed by atoms with Gasteiger partial charge >= 0.3 is 0 Å². The molecule has 0 spiro atoms. The summed E-state index contributed by atoms with van der Waals surface area (Å²) >= 11 is 0. The highest BCUT2D eigenvalue weighted by molar-refractivity contribution is 5.63. The standard InChI is InChI=1S/C12H15NO/c14-11-7-10-4-1-3-9-5-2-6-13(8-11)12(9)10/h1,3-4,11,14H,2,5-8H2. The summed E-state index contributed by atoms with van der Waals surface area (Å²) in [6, 6.07) is 6.50. The normalized spacial score (nSPS) is 24.6. The molecule has 2 nitrogen and oxygen atoms in total. The first-order valence-electron chi connectivity index (χ1n) is 5.38. The number of benzene rings is 1. The number of nitrogens with zero attached hydrogens (tertiary/aromatic N) is 1. The number of para-hydroxylation sites is 1. The van der Waals surface area contributed by atoms with Crippen LogP contribution in [0.3, 0.4) is 0 Å². The lowest BCUT2D eigenvalue weighted by Crippen LogP contribution is -2.41. The van der Waals surface area contributed by atoms with Crippen molar-refractivity contribution in [2.45, 2.75) is 25.4 Å². The van der Waals surface area contributed by atoms with Gasteiger partial charge in [-0.15, -0.1) is 0 Å². The first kappa shape index (κ1) is 8.30. The molecule has 0 aliphatic carbocycles. The summed E-state index contributed by atoms with van der Waals surface area (Å²) in [5.74, 6) is 0. The molecule has 1 unspecified atom stereocenters. The summed E-state index contributed by atoms with van der Waals surface area (Å²) in [5.41, 5.74) is 4.23. The Morgan fingerprint density at radius 3 is 3.07 bits per heavy atom. The van der Waals surface area contributed by atoms with Crippen molar-refractivity contribution in [1.82, 2.24) is 0 Å². The van der Waals surface area contributed by atoms with Crippen molar-refractivity contribution >= 4 is 5.69 Å². The zero-order valence-electron chi connectivity index (χ0n) is 8.24.